The quantitative estimate of drug-likeness (QED) is 0.587. The fraction of sp³-hybridized carbons (Fsp3) is 1.00. The Labute approximate surface area is 79.7 Å². The molecule has 0 nitrogen and oxygen atoms in total. The van der Waals surface area contributed by atoms with E-state index < -0.39 is 0 Å². The maximum absolute atomic E-state index is 2.99. The molecule has 0 aromatic heterocycles. The molecule has 72 valence electrons. The zero-order valence-electron chi connectivity index (χ0n) is 8.55. The maximum Gasteiger partial charge on any atom is -0.0264 e. The molecular formula is C11H23P. The van der Waals surface area contributed by atoms with Crippen LogP contribution >= 0.6 is 9.24 Å². The normalized spacial score (nSPS) is 33.2. The van der Waals surface area contributed by atoms with Gasteiger partial charge in [-0.1, -0.05) is 39.5 Å². The molecule has 0 bridgehead atoms. The van der Waals surface area contributed by atoms with Crippen molar-refractivity contribution >= 4 is 9.24 Å². The molecule has 2 atom stereocenters. The molecule has 1 saturated carbocycles. The van der Waals surface area contributed by atoms with E-state index in [1.165, 1.54) is 38.5 Å². The minimum atomic E-state index is 0.878. The lowest BCUT2D eigenvalue weighted by Crippen LogP contribution is -2.15. The minimum absolute atomic E-state index is 0.878. The van der Waals surface area contributed by atoms with Crippen LogP contribution in [0.25, 0.3) is 0 Å². The Morgan fingerprint density at radius 2 is 1.83 bits per heavy atom. The summed E-state index contributed by atoms with van der Waals surface area (Å²) in [4.78, 5) is 0. The maximum atomic E-state index is 2.99. The van der Waals surface area contributed by atoms with Gasteiger partial charge in [-0.2, -0.15) is 0 Å². The van der Waals surface area contributed by atoms with Crippen molar-refractivity contribution in [1.29, 1.82) is 0 Å². The molecule has 1 aliphatic carbocycles. The van der Waals surface area contributed by atoms with Gasteiger partial charge < -0.3 is 0 Å². The predicted octanol–water partition coefficient (Wildman–Crippen LogP) is 3.86. The average Bonchev–Trinajstić information content (AvgIpc) is 2.09. The molecular weight excluding hydrogens is 163 g/mol. The first-order valence-corrected chi connectivity index (χ1v) is 6.14. The average molecular weight is 186 g/mol. The SMILES string of the molecule is CCC(P)CC1CCC(C)CC1. The highest BCUT2D eigenvalue weighted by Gasteiger charge is 2.19. The Morgan fingerprint density at radius 3 is 2.33 bits per heavy atom. The van der Waals surface area contributed by atoms with Crippen LogP contribution in [0.1, 0.15) is 52.4 Å². The molecule has 1 heteroatoms. The van der Waals surface area contributed by atoms with Crippen molar-refractivity contribution in [2.24, 2.45) is 11.8 Å². The third kappa shape index (κ3) is 3.44. The highest BCUT2D eigenvalue weighted by atomic mass is 31.0. The summed E-state index contributed by atoms with van der Waals surface area (Å²) in [7, 11) is 2.99. The van der Waals surface area contributed by atoms with E-state index in [-0.39, 0.29) is 0 Å². The lowest BCUT2D eigenvalue weighted by Gasteiger charge is -2.27. The molecule has 1 rings (SSSR count). The molecule has 0 heterocycles. The van der Waals surface area contributed by atoms with Crippen molar-refractivity contribution in [3.63, 3.8) is 0 Å². The Bertz CT molecular complexity index is 114. The van der Waals surface area contributed by atoms with E-state index in [4.69, 9.17) is 0 Å². The second-order valence-electron chi connectivity index (χ2n) is 4.53. The highest BCUT2D eigenvalue weighted by Crippen LogP contribution is 2.32. The van der Waals surface area contributed by atoms with Crippen LogP contribution in [0.4, 0.5) is 0 Å². The van der Waals surface area contributed by atoms with Gasteiger partial charge in [0.05, 0.1) is 0 Å². The van der Waals surface area contributed by atoms with E-state index in [2.05, 4.69) is 23.1 Å². The summed E-state index contributed by atoms with van der Waals surface area (Å²) in [5.74, 6) is 2.05. The van der Waals surface area contributed by atoms with Gasteiger partial charge in [-0.3, -0.25) is 0 Å². The lowest BCUT2D eigenvalue weighted by atomic mass is 9.80. The first-order valence-electron chi connectivity index (χ1n) is 5.48. The standard InChI is InChI=1S/C11H23P/c1-3-11(12)8-10-6-4-9(2)5-7-10/h9-11H,3-8,12H2,1-2H3. The topological polar surface area (TPSA) is 0 Å². The van der Waals surface area contributed by atoms with Gasteiger partial charge in [0.15, 0.2) is 0 Å². The van der Waals surface area contributed by atoms with Gasteiger partial charge in [0.25, 0.3) is 0 Å². The number of hydrogen-bond donors (Lipinski definition) is 0. The van der Waals surface area contributed by atoms with Gasteiger partial charge in [0.2, 0.25) is 0 Å². The van der Waals surface area contributed by atoms with Crippen molar-refractivity contribution in [1.82, 2.24) is 0 Å². The van der Waals surface area contributed by atoms with E-state index in [1.807, 2.05) is 0 Å². The fourth-order valence-electron chi connectivity index (χ4n) is 2.16. The zero-order valence-corrected chi connectivity index (χ0v) is 9.71. The summed E-state index contributed by atoms with van der Waals surface area (Å²) in [6.07, 6.45) is 8.72. The highest BCUT2D eigenvalue weighted by molar-refractivity contribution is 7.17. The van der Waals surface area contributed by atoms with E-state index in [9.17, 15) is 0 Å². The molecule has 0 N–H and O–H groups in total. The Kier molecular flexibility index (Phi) is 4.57. The molecule has 2 unspecified atom stereocenters. The molecule has 0 spiro atoms. The number of rotatable bonds is 3. The lowest BCUT2D eigenvalue weighted by molar-refractivity contribution is 0.275. The monoisotopic (exact) mass is 186 g/mol. The molecule has 1 fully saturated rings. The van der Waals surface area contributed by atoms with Gasteiger partial charge in [0, 0.05) is 0 Å². The second kappa shape index (κ2) is 5.22. The molecule has 0 aromatic carbocycles. The first kappa shape index (κ1) is 10.5. The molecule has 1 aliphatic rings. The zero-order chi connectivity index (χ0) is 8.97. The number of hydrogen-bond acceptors (Lipinski definition) is 0. The van der Waals surface area contributed by atoms with E-state index in [0.29, 0.717) is 0 Å². The van der Waals surface area contributed by atoms with E-state index in [0.717, 1.165) is 17.5 Å². The van der Waals surface area contributed by atoms with Crippen LogP contribution in [0.3, 0.4) is 0 Å². The largest absolute Gasteiger partial charge is 0.134 e. The fourth-order valence-corrected chi connectivity index (χ4v) is 2.54. The molecule has 12 heavy (non-hydrogen) atoms. The summed E-state index contributed by atoms with van der Waals surface area (Å²) in [5.41, 5.74) is 0.878. The summed E-state index contributed by atoms with van der Waals surface area (Å²) in [5, 5.41) is 0. The summed E-state index contributed by atoms with van der Waals surface area (Å²) < 4.78 is 0. The molecule has 0 aromatic rings. The molecule has 0 aliphatic heterocycles. The first-order chi connectivity index (χ1) is 5.72. The third-order valence-corrected chi connectivity index (χ3v) is 4.04. The van der Waals surface area contributed by atoms with Crippen LogP contribution in [0.5, 0.6) is 0 Å². The van der Waals surface area contributed by atoms with Gasteiger partial charge in [-0.25, -0.2) is 0 Å². The smallest absolute Gasteiger partial charge is 0.0264 e. The Hall–Kier alpha value is 0.430. The summed E-state index contributed by atoms with van der Waals surface area (Å²) in [6, 6.07) is 0. The molecule has 0 amide bonds. The predicted molar refractivity (Wildman–Crippen MR) is 59.5 cm³/mol. The van der Waals surface area contributed by atoms with Crippen LogP contribution < -0.4 is 0 Å². The van der Waals surface area contributed by atoms with Gasteiger partial charge >= 0.3 is 0 Å². The molecule has 0 radical (unpaired) electrons. The van der Waals surface area contributed by atoms with Gasteiger partial charge in [-0.15, -0.1) is 9.24 Å². The van der Waals surface area contributed by atoms with E-state index in [1.54, 1.807) is 0 Å². The van der Waals surface area contributed by atoms with Crippen molar-refractivity contribution in [2.75, 3.05) is 0 Å². The summed E-state index contributed by atoms with van der Waals surface area (Å²) in [6.45, 7) is 4.69. The Balaban J connectivity index is 2.17. The third-order valence-electron chi connectivity index (χ3n) is 3.30. The van der Waals surface area contributed by atoms with Gasteiger partial charge in [-0.05, 0) is 30.3 Å². The van der Waals surface area contributed by atoms with Crippen LogP contribution in [-0.2, 0) is 0 Å². The van der Waals surface area contributed by atoms with Gasteiger partial charge in [0.1, 0.15) is 0 Å². The van der Waals surface area contributed by atoms with Crippen molar-refractivity contribution in [3.8, 4) is 0 Å². The van der Waals surface area contributed by atoms with Crippen LogP contribution in [-0.4, -0.2) is 5.66 Å². The van der Waals surface area contributed by atoms with Crippen molar-refractivity contribution in [2.45, 2.75) is 58.0 Å². The second-order valence-corrected chi connectivity index (χ2v) is 5.47. The summed E-state index contributed by atoms with van der Waals surface area (Å²) >= 11 is 0. The molecule has 0 saturated heterocycles. The van der Waals surface area contributed by atoms with Crippen molar-refractivity contribution < 1.29 is 0 Å². The minimum Gasteiger partial charge on any atom is -0.134 e. The van der Waals surface area contributed by atoms with E-state index >= 15 is 0 Å². The Morgan fingerprint density at radius 1 is 1.25 bits per heavy atom. The van der Waals surface area contributed by atoms with Crippen LogP contribution in [0, 0.1) is 11.8 Å². The van der Waals surface area contributed by atoms with Crippen molar-refractivity contribution in [3.05, 3.63) is 0 Å². The van der Waals surface area contributed by atoms with Crippen LogP contribution in [0.15, 0.2) is 0 Å². The van der Waals surface area contributed by atoms with Crippen LogP contribution in [0.2, 0.25) is 0 Å².